The molecule has 10 heteroatoms. The number of nitrogens with zero attached hydrogens (tertiary/aromatic N) is 3. The summed E-state index contributed by atoms with van der Waals surface area (Å²) in [6.45, 7) is 0.918. The minimum Gasteiger partial charge on any atom is -0.494 e. The van der Waals surface area contributed by atoms with Crippen LogP contribution in [-0.2, 0) is 31.0 Å². The molecule has 0 unspecified atom stereocenters. The molecular weight excluding hydrogens is 499 g/mol. The topological polar surface area (TPSA) is 87.4 Å². The molecule has 37 heavy (non-hydrogen) atoms. The normalized spacial score (nSPS) is 10.9. The van der Waals surface area contributed by atoms with Gasteiger partial charge in [-0.25, -0.2) is 4.39 Å². The van der Waals surface area contributed by atoms with Gasteiger partial charge in [0.15, 0.2) is 11.6 Å². The quantitative estimate of drug-likeness (QED) is 0.317. The third-order valence-electron chi connectivity index (χ3n) is 5.77. The molecule has 2 aromatic heterocycles. The van der Waals surface area contributed by atoms with Crippen LogP contribution in [0, 0.1) is 5.82 Å². The molecule has 1 amide bonds. The van der Waals surface area contributed by atoms with Gasteiger partial charge in [0.05, 0.1) is 32.4 Å². The molecule has 2 heterocycles. The molecule has 8 nitrogen and oxygen atoms in total. The molecule has 1 N–H and O–H groups in total. The molecule has 0 fully saturated rings. The highest BCUT2D eigenvalue weighted by Crippen LogP contribution is 2.20. The summed E-state index contributed by atoms with van der Waals surface area (Å²) in [7, 11) is 2.91. The van der Waals surface area contributed by atoms with Gasteiger partial charge in [-0.15, -0.1) is 0 Å². The number of pyridine rings is 1. The second-order valence-corrected chi connectivity index (χ2v) is 8.71. The summed E-state index contributed by atoms with van der Waals surface area (Å²) in [6.07, 6.45) is 1.64. The number of ether oxygens (including phenoxy) is 2. The fourth-order valence-electron chi connectivity index (χ4n) is 3.86. The van der Waals surface area contributed by atoms with Gasteiger partial charge in [-0.2, -0.15) is 5.10 Å². The third-order valence-corrected chi connectivity index (χ3v) is 6.10. The molecule has 4 aromatic rings. The van der Waals surface area contributed by atoms with Gasteiger partial charge < -0.3 is 14.8 Å². The van der Waals surface area contributed by atoms with Gasteiger partial charge in [-0.05, 0) is 23.3 Å². The first-order valence-corrected chi connectivity index (χ1v) is 11.9. The van der Waals surface area contributed by atoms with Crippen LogP contribution in [0.2, 0.25) is 5.15 Å². The molecule has 0 saturated heterocycles. The number of benzene rings is 2. The average Bonchev–Trinajstić information content (AvgIpc) is 3.29. The number of methoxy groups -OCH3 is 2. The van der Waals surface area contributed by atoms with Crippen molar-refractivity contribution in [3.63, 3.8) is 0 Å². The zero-order valence-electron chi connectivity index (χ0n) is 20.4. The molecule has 0 radical (unpaired) electrons. The largest absolute Gasteiger partial charge is 0.494 e. The highest BCUT2D eigenvalue weighted by Gasteiger charge is 2.18. The molecule has 0 atom stereocenters. The molecule has 0 saturated carbocycles. The summed E-state index contributed by atoms with van der Waals surface area (Å²) in [6, 6.07) is 17.2. The zero-order chi connectivity index (χ0) is 26.4. The maximum absolute atomic E-state index is 14.4. The number of hydrogen-bond acceptors (Lipinski definition) is 5. The molecule has 0 aliphatic carbocycles. The van der Waals surface area contributed by atoms with Crippen LogP contribution in [0.3, 0.4) is 0 Å². The lowest BCUT2D eigenvalue weighted by molar-refractivity contribution is 0.0945. The molecule has 0 aliphatic rings. The fourth-order valence-corrected chi connectivity index (χ4v) is 4.08. The van der Waals surface area contributed by atoms with Crippen molar-refractivity contribution in [3.8, 4) is 5.75 Å². The zero-order valence-corrected chi connectivity index (χ0v) is 21.2. The Morgan fingerprint density at radius 3 is 2.41 bits per heavy atom. The van der Waals surface area contributed by atoms with E-state index >= 15 is 0 Å². The van der Waals surface area contributed by atoms with E-state index in [-0.39, 0.29) is 30.4 Å². The van der Waals surface area contributed by atoms with Gasteiger partial charge in [0, 0.05) is 31.5 Å². The number of halogens is 2. The first-order chi connectivity index (χ1) is 17.9. The Hall–Kier alpha value is -3.95. The number of rotatable bonds is 10. The van der Waals surface area contributed by atoms with Crippen molar-refractivity contribution in [1.29, 1.82) is 0 Å². The number of carbonyl (C=O) groups excluding carboxylic acids is 1. The molecule has 4 rings (SSSR count). The van der Waals surface area contributed by atoms with E-state index in [1.807, 2.05) is 24.3 Å². The van der Waals surface area contributed by atoms with E-state index in [1.54, 1.807) is 35.1 Å². The van der Waals surface area contributed by atoms with Crippen LogP contribution < -0.4 is 15.6 Å². The predicted octanol–water partition coefficient (Wildman–Crippen LogP) is 4.02. The van der Waals surface area contributed by atoms with Crippen LogP contribution >= 0.6 is 11.6 Å². The van der Waals surface area contributed by atoms with Gasteiger partial charge in [-0.1, -0.05) is 54.1 Å². The van der Waals surface area contributed by atoms with Crippen molar-refractivity contribution in [2.45, 2.75) is 26.2 Å². The number of hydrogen-bond donors (Lipinski definition) is 1. The minimum absolute atomic E-state index is 0.00452. The summed E-state index contributed by atoms with van der Waals surface area (Å²) in [5, 5.41) is 7.62. The van der Waals surface area contributed by atoms with Crippen molar-refractivity contribution in [3.05, 3.63) is 116 Å². The van der Waals surface area contributed by atoms with Crippen LogP contribution in [0.25, 0.3) is 0 Å². The summed E-state index contributed by atoms with van der Waals surface area (Å²) >= 11 is 6.15. The van der Waals surface area contributed by atoms with Crippen LogP contribution in [-0.4, -0.2) is 34.5 Å². The Bertz CT molecular complexity index is 1450. The molecule has 0 spiro atoms. The van der Waals surface area contributed by atoms with E-state index in [4.69, 9.17) is 21.1 Å². The Kier molecular flexibility index (Phi) is 8.37. The SMILES string of the molecule is COCc1nn(Cc2ccc(Cn3c(Cl)cccc3=O)cc2)cc1C(=O)NCc1cccc(OC)c1F. The van der Waals surface area contributed by atoms with Gasteiger partial charge in [0.1, 0.15) is 10.8 Å². The van der Waals surface area contributed by atoms with Gasteiger partial charge in [0.2, 0.25) is 0 Å². The lowest BCUT2D eigenvalue weighted by Crippen LogP contribution is -2.24. The summed E-state index contributed by atoms with van der Waals surface area (Å²) in [4.78, 5) is 25.0. The third kappa shape index (κ3) is 6.25. The molecule has 2 aromatic carbocycles. The highest BCUT2D eigenvalue weighted by molar-refractivity contribution is 6.29. The summed E-state index contributed by atoms with van der Waals surface area (Å²) in [5.41, 5.74) is 2.84. The van der Waals surface area contributed by atoms with E-state index in [0.717, 1.165) is 11.1 Å². The Labute approximate surface area is 218 Å². The van der Waals surface area contributed by atoms with Crippen molar-refractivity contribution in [1.82, 2.24) is 19.7 Å². The van der Waals surface area contributed by atoms with Gasteiger partial charge >= 0.3 is 0 Å². The molecular formula is C27H26ClFN4O4. The number of nitrogens with one attached hydrogen (secondary N) is 1. The van der Waals surface area contributed by atoms with Crippen LogP contribution in [0.15, 0.2) is 71.7 Å². The van der Waals surface area contributed by atoms with Crippen molar-refractivity contribution < 1.29 is 18.7 Å². The fraction of sp³-hybridized carbons (Fsp3) is 0.222. The van der Waals surface area contributed by atoms with Gasteiger partial charge in [0.25, 0.3) is 11.5 Å². The van der Waals surface area contributed by atoms with Gasteiger partial charge in [-0.3, -0.25) is 18.8 Å². The lowest BCUT2D eigenvalue weighted by atomic mass is 10.1. The maximum atomic E-state index is 14.4. The first-order valence-electron chi connectivity index (χ1n) is 11.5. The molecule has 0 bridgehead atoms. The number of carbonyl (C=O) groups is 1. The first kappa shape index (κ1) is 26.1. The van der Waals surface area contributed by atoms with Crippen LogP contribution in [0.5, 0.6) is 5.75 Å². The van der Waals surface area contributed by atoms with Crippen molar-refractivity contribution in [2.24, 2.45) is 0 Å². The highest BCUT2D eigenvalue weighted by atomic mass is 35.5. The second-order valence-electron chi connectivity index (χ2n) is 8.33. The monoisotopic (exact) mass is 524 g/mol. The Morgan fingerprint density at radius 1 is 1.03 bits per heavy atom. The summed E-state index contributed by atoms with van der Waals surface area (Å²) in [5.74, 6) is -0.786. The maximum Gasteiger partial charge on any atom is 0.255 e. The molecule has 192 valence electrons. The second kappa shape index (κ2) is 11.9. The average molecular weight is 525 g/mol. The van der Waals surface area contributed by atoms with Crippen LogP contribution in [0.1, 0.15) is 32.7 Å². The number of amides is 1. The van der Waals surface area contributed by atoms with E-state index < -0.39 is 5.82 Å². The lowest BCUT2D eigenvalue weighted by Gasteiger charge is -2.09. The van der Waals surface area contributed by atoms with E-state index in [0.29, 0.717) is 35.1 Å². The van der Waals surface area contributed by atoms with E-state index in [1.165, 1.54) is 30.9 Å². The Morgan fingerprint density at radius 2 is 1.73 bits per heavy atom. The number of aromatic nitrogens is 3. The summed E-state index contributed by atoms with van der Waals surface area (Å²) < 4.78 is 27.8. The van der Waals surface area contributed by atoms with Crippen molar-refractivity contribution >= 4 is 17.5 Å². The molecule has 0 aliphatic heterocycles. The smallest absolute Gasteiger partial charge is 0.255 e. The van der Waals surface area contributed by atoms with E-state index in [2.05, 4.69) is 10.4 Å². The minimum atomic E-state index is -0.513. The van der Waals surface area contributed by atoms with Crippen LogP contribution in [0.4, 0.5) is 4.39 Å². The predicted molar refractivity (Wildman–Crippen MR) is 137 cm³/mol. The Balaban J connectivity index is 1.45. The van der Waals surface area contributed by atoms with Crippen molar-refractivity contribution in [2.75, 3.05) is 14.2 Å². The van der Waals surface area contributed by atoms with E-state index in [9.17, 15) is 14.0 Å². The standard InChI is InChI=1S/C27H26ClFN4O4/c1-36-17-22-21(27(35)30-13-20-5-3-6-23(37-2)26(20)29)16-32(31-22)14-18-9-11-19(12-10-18)15-33-24(28)7-4-8-25(33)34/h3-12,16H,13-15,17H2,1-2H3,(H,30,35).